The summed E-state index contributed by atoms with van der Waals surface area (Å²) < 4.78 is 11.4. The number of nitrogens with zero attached hydrogens (tertiary/aromatic N) is 2. The van der Waals surface area contributed by atoms with Crippen LogP contribution in [0.3, 0.4) is 0 Å². The Morgan fingerprint density at radius 3 is 2.42 bits per heavy atom. The van der Waals surface area contributed by atoms with Gasteiger partial charge in [-0.15, -0.1) is 0 Å². The van der Waals surface area contributed by atoms with E-state index in [0.717, 1.165) is 28.5 Å². The summed E-state index contributed by atoms with van der Waals surface area (Å²) in [6, 6.07) is 20.1. The Bertz CT molecular complexity index is 2060. The molecular formula is C43H50ClN5O6. The van der Waals surface area contributed by atoms with E-state index >= 15 is 0 Å². The molecule has 290 valence electrons. The third-order valence-corrected chi connectivity index (χ3v) is 11.8. The summed E-state index contributed by atoms with van der Waals surface area (Å²) in [7, 11) is 3.11. The SMILES string of the molecule is CNC(=O)[C@H](CCCc1ccccc1)NC(=O)C1CN(C(=O)C2(c3c[nH]c4cc(Cl)ccc34)CC2)CC2CN(C(=O)c3ccc(OC(C)C)c(OC)c3)CC21. The van der Waals surface area contributed by atoms with Crippen LogP contribution in [0.25, 0.3) is 10.9 Å². The van der Waals surface area contributed by atoms with Gasteiger partial charge >= 0.3 is 0 Å². The number of likely N-dealkylation sites (N-methyl/N-ethyl adjacent to an activating group) is 1. The Labute approximate surface area is 327 Å². The fraction of sp³-hybridized carbons (Fsp3) is 0.442. The monoisotopic (exact) mass is 767 g/mol. The van der Waals surface area contributed by atoms with Gasteiger partial charge < -0.3 is 34.9 Å². The molecule has 4 atom stereocenters. The summed E-state index contributed by atoms with van der Waals surface area (Å²) in [5.74, 6) is -0.699. The fourth-order valence-corrected chi connectivity index (χ4v) is 8.79. The summed E-state index contributed by atoms with van der Waals surface area (Å²) in [5.41, 5.74) is 2.72. The van der Waals surface area contributed by atoms with Crippen LogP contribution in [0.4, 0.5) is 0 Å². The van der Waals surface area contributed by atoms with Gasteiger partial charge in [0.15, 0.2) is 11.5 Å². The molecule has 12 heteroatoms. The number of aromatic amines is 1. The predicted octanol–water partition coefficient (Wildman–Crippen LogP) is 5.75. The molecule has 3 unspecified atom stereocenters. The smallest absolute Gasteiger partial charge is 0.254 e. The number of methoxy groups -OCH3 is 1. The van der Waals surface area contributed by atoms with E-state index in [1.807, 2.05) is 61.3 Å². The highest BCUT2D eigenvalue weighted by molar-refractivity contribution is 6.31. The Morgan fingerprint density at radius 1 is 0.945 bits per heavy atom. The first-order valence-electron chi connectivity index (χ1n) is 19.3. The molecule has 3 heterocycles. The van der Waals surface area contributed by atoms with Gasteiger partial charge in [0, 0.05) is 60.9 Å². The summed E-state index contributed by atoms with van der Waals surface area (Å²) in [5, 5.41) is 7.37. The van der Waals surface area contributed by atoms with Gasteiger partial charge in [0.05, 0.1) is 24.5 Å². The van der Waals surface area contributed by atoms with E-state index in [9.17, 15) is 19.2 Å². The summed E-state index contributed by atoms with van der Waals surface area (Å²) in [6.07, 6.45) is 5.18. The van der Waals surface area contributed by atoms with E-state index in [-0.39, 0.29) is 48.1 Å². The van der Waals surface area contributed by atoms with Gasteiger partial charge in [0.25, 0.3) is 5.91 Å². The number of carbonyl (C=O) groups excluding carboxylic acids is 4. The van der Waals surface area contributed by atoms with Gasteiger partial charge in [-0.1, -0.05) is 48.0 Å². The van der Waals surface area contributed by atoms with Crippen molar-refractivity contribution in [2.45, 2.75) is 63.5 Å². The molecule has 11 nitrogen and oxygen atoms in total. The molecule has 3 N–H and O–H groups in total. The van der Waals surface area contributed by atoms with Crippen molar-refractivity contribution in [2.75, 3.05) is 40.3 Å². The lowest BCUT2D eigenvalue weighted by atomic mass is 9.78. The molecule has 0 bridgehead atoms. The van der Waals surface area contributed by atoms with Crippen LogP contribution in [0, 0.1) is 17.8 Å². The van der Waals surface area contributed by atoms with Crippen LogP contribution in [-0.2, 0) is 26.2 Å². The summed E-state index contributed by atoms with van der Waals surface area (Å²) >= 11 is 6.28. The van der Waals surface area contributed by atoms with Crippen LogP contribution in [-0.4, -0.2) is 90.9 Å². The number of rotatable bonds is 13. The van der Waals surface area contributed by atoms with Crippen molar-refractivity contribution in [1.82, 2.24) is 25.4 Å². The van der Waals surface area contributed by atoms with Gasteiger partial charge in [0.1, 0.15) is 6.04 Å². The third-order valence-electron chi connectivity index (χ3n) is 11.6. The second-order valence-electron chi connectivity index (χ2n) is 15.5. The molecule has 3 aromatic carbocycles. The van der Waals surface area contributed by atoms with Gasteiger partial charge in [-0.25, -0.2) is 0 Å². The predicted molar refractivity (Wildman–Crippen MR) is 211 cm³/mol. The number of ether oxygens (including phenoxy) is 2. The molecular weight excluding hydrogens is 718 g/mol. The first-order chi connectivity index (χ1) is 26.5. The number of hydrogen-bond donors (Lipinski definition) is 3. The highest BCUT2D eigenvalue weighted by Crippen LogP contribution is 2.53. The molecule has 0 radical (unpaired) electrons. The Kier molecular flexibility index (Phi) is 11.1. The van der Waals surface area contributed by atoms with Crippen LogP contribution < -0.4 is 20.1 Å². The number of nitrogens with one attached hydrogen (secondary N) is 3. The minimum absolute atomic E-state index is 0.0134. The average Bonchev–Trinajstić information content (AvgIpc) is 3.69. The molecule has 4 amide bonds. The van der Waals surface area contributed by atoms with Crippen molar-refractivity contribution >= 4 is 46.1 Å². The van der Waals surface area contributed by atoms with Crippen LogP contribution >= 0.6 is 11.6 Å². The lowest BCUT2D eigenvalue weighted by Gasteiger charge is -2.41. The molecule has 1 saturated carbocycles. The first kappa shape index (κ1) is 38.3. The second-order valence-corrected chi connectivity index (χ2v) is 15.9. The van der Waals surface area contributed by atoms with Crippen LogP contribution in [0.2, 0.25) is 5.02 Å². The number of carbonyl (C=O) groups is 4. The first-order valence-corrected chi connectivity index (χ1v) is 19.7. The van der Waals surface area contributed by atoms with E-state index in [2.05, 4.69) is 27.8 Å². The van der Waals surface area contributed by atoms with Crippen molar-refractivity contribution in [3.05, 3.63) is 94.6 Å². The molecule has 3 fully saturated rings. The highest BCUT2D eigenvalue weighted by atomic mass is 35.5. The van der Waals surface area contributed by atoms with Crippen molar-refractivity contribution < 1.29 is 28.7 Å². The molecule has 3 aliphatic rings. The zero-order valence-corrected chi connectivity index (χ0v) is 32.7. The number of likely N-dealkylation sites (tertiary alicyclic amines) is 2. The zero-order chi connectivity index (χ0) is 38.9. The molecule has 1 aromatic heterocycles. The maximum atomic E-state index is 14.7. The van der Waals surface area contributed by atoms with E-state index < -0.39 is 17.4 Å². The number of halogens is 1. The van der Waals surface area contributed by atoms with E-state index in [1.165, 1.54) is 0 Å². The Morgan fingerprint density at radius 2 is 1.71 bits per heavy atom. The normalized spacial score (nSPS) is 20.5. The number of piperidine rings is 1. The standard InChI is InChI=1S/C43H50ClN5O6/c1-26(2)55-37-16-13-28(19-38(37)54-4)41(52)48-22-29-23-49(42(53)43(17-18-43)34-21-46-36-20-30(44)14-15-31(34)36)25-33(32(29)24-48)39(50)47-35(40(51)45-3)12-8-11-27-9-6-5-7-10-27/h5-7,9-10,13-16,19-21,26,29,32-33,35,46H,8,11-12,17-18,22-25H2,1-4H3,(H,45,51)(H,47,50)/t29?,32?,33?,35-/m0/s1. The van der Waals surface area contributed by atoms with Crippen LogP contribution in [0.5, 0.6) is 11.5 Å². The minimum atomic E-state index is -0.739. The number of benzene rings is 3. The lowest BCUT2D eigenvalue weighted by Crippen LogP contribution is -2.57. The summed E-state index contributed by atoms with van der Waals surface area (Å²) in [6.45, 7) is 5.21. The fourth-order valence-electron chi connectivity index (χ4n) is 8.62. The maximum absolute atomic E-state index is 14.7. The van der Waals surface area contributed by atoms with Crippen molar-refractivity contribution in [2.24, 2.45) is 17.8 Å². The third kappa shape index (κ3) is 7.90. The number of hydrogen-bond acceptors (Lipinski definition) is 6. The maximum Gasteiger partial charge on any atom is 0.254 e. The Balaban J connectivity index is 1.14. The van der Waals surface area contributed by atoms with Crippen molar-refractivity contribution in [3.8, 4) is 11.5 Å². The van der Waals surface area contributed by atoms with Gasteiger partial charge in [0.2, 0.25) is 17.7 Å². The molecule has 7 rings (SSSR count). The average molecular weight is 768 g/mol. The van der Waals surface area contributed by atoms with Gasteiger partial charge in [-0.3, -0.25) is 19.2 Å². The van der Waals surface area contributed by atoms with Crippen LogP contribution in [0.1, 0.15) is 61.0 Å². The number of amides is 4. The molecule has 55 heavy (non-hydrogen) atoms. The summed E-state index contributed by atoms with van der Waals surface area (Å²) in [4.78, 5) is 63.3. The number of H-pyrrole nitrogens is 1. The van der Waals surface area contributed by atoms with Crippen molar-refractivity contribution in [1.29, 1.82) is 0 Å². The van der Waals surface area contributed by atoms with E-state index in [1.54, 1.807) is 37.3 Å². The van der Waals surface area contributed by atoms with E-state index in [0.29, 0.717) is 67.4 Å². The zero-order valence-electron chi connectivity index (χ0n) is 31.9. The van der Waals surface area contributed by atoms with Gasteiger partial charge in [-0.05, 0) is 99.2 Å². The molecule has 1 aliphatic carbocycles. The van der Waals surface area contributed by atoms with E-state index in [4.69, 9.17) is 21.1 Å². The van der Waals surface area contributed by atoms with Crippen molar-refractivity contribution in [3.63, 3.8) is 0 Å². The quantitative estimate of drug-likeness (QED) is 0.159. The number of fused-ring (bicyclic) bond motifs is 2. The minimum Gasteiger partial charge on any atom is -0.493 e. The topological polar surface area (TPSA) is 133 Å². The second kappa shape index (κ2) is 16.0. The molecule has 2 aliphatic heterocycles. The molecule has 4 aromatic rings. The lowest BCUT2D eigenvalue weighted by molar-refractivity contribution is -0.142. The number of aromatic nitrogens is 1. The van der Waals surface area contributed by atoms with Crippen LogP contribution in [0.15, 0.2) is 72.9 Å². The molecule has 0 spiro atoms. The largest absolute Gasteiger partial charge is 0.493 e. The highest BCUT2D eigenvalue weighted by Gasteiger charge is 2.57. The Hall–Kier alpha value is -5.03. The number of aryl methyl sites for hydroxylation is 1. The molecule has 2 saturated heterocycles. The van der Waals surface area contributed by atoms with Gasteiger partial charge in [-0.2, -0.15) is 0 Å².